The van der Waals surface area contributed by atoms with Crippen LogP contribution in [0.4, 0.5) is 0 Å². The molecule has 1 N–H and O–H groups in total. The fourth-order valence-electron chi connectivity index (χ4n) is 2.46. The molecule has 104 valence electrons. The van der Waals surface area contributed by atoms with Crippen LogP contribution in [0.1, 0.15) is 18.4 Å². The summed E-state index contributed by atoms with van der Waals surface area (Å²) in [4.78, 5) is 12.4. The SMILES string of the molecule is CN(C)N(CCc1ccccc1)C(=O)[C@H]1CCCN1. The minimum absolute atomic E-state index is 0.00169. The number of carbonyl (C=O) groups is 1. The molecule has 2 rings (SSSR count). The Labute approximate surface area is 115 Å². The van der Waals surface area contributed by atoms with E-state index in [0.717, 1.165) is 32.4 Å². The molecule has 1 saturated heterocycles. The zero-order valence-electron chi connectivity index (χ0n) is 11.8. The first-order chi connectivity index (χ1) is 9.18. The molecule has 1 amide bonds. The summed E-state index contributed by atoms with van der Waals surface area (Å²) in [6.07, 6.45) is 2.93. The molecule has 4 nitrogen and oxygen atoms in total. The smallest absolute Gasteiger partial charge is 0.253 e. The highest BCUT2D eigenvalue weighted by atomic mass is 16.2. The first-order valence-electron chi connectivity index (χ1n) is 6.94. The van der Waals surface area contributed by atoms with Gasteiger partial charge in [-0.15, -0.1) is 0 Å². The zero-order chi connectivity index (χ0) is 13.7. The molecule has 1 atom stereocenters. The van der Waals surface area contributed by atoms with Crippen molar-refractivity contribution in [1.82, 2.24) is 15.3 Å². The molecule has 0 aliphatic carbocycles. The Kier molecular flexibility index (Phi) is 4.93. The zero-order valence-corrected chi connectivity index (χ0v) is 11.8. The van der Waals surface area contributed by atoms with Crippen molar-refractivity contribution < 1.29 is 4.79 Å². The number of carbonyl (C=O) groups excluding carboxylic acids is 1. The highest BCUT2D eigenvalue weighted by Crippen LogP contribution is 2.10. The Hall–Kier alpha value is -1.39. The number of nitrogens with zero attached hydrogens (tertiary/aromatic N) is 2. The summed E-state index contributed by atoms with van der Waals surface area (Å²) in [6.45, 7) is 1.68. The third-order valence-electron chi connectivity index (χ3n) is 3.55. The van der Waals surface area contributed by atoms with Gasteiger partial charge in [-0.1, -0.05) is 30.3 Å². The second-order valence-electron chi connectivity index (χ2n) is 5.19. The standard InChI is InChI=1S/C15H23N3O/c1-17(2)18(15(19)14-9-6-11-16-14)12-10-13-7-4-3-5-8-13/h3-5,7-8,14,16H,6,9-12H2,1-2H3/t14-/m1/s1. The van der Waals surface area contributed by atoms with E-state index in [9.17, 15) is 4.79 Å². The summed E-state index contributed by atoms with van der Waals surface area (Å²) in [5, 5.41) is 7.01. The van der Waals surface area contributed by atoms with Crippen molar-refractivity contribution in [2.24, 2.45) is 0 Å². The number of hydrogen-bond donors (Lipinski definition) is 1. The Bertz CT molecular complexity index is 399. The largest absolute Gasteiger partial charge is 0.306 e. The highest BCUT2D eigenvalue weighted by Gasteiger charge is 2.27. The maximum absolute atomic E-state index is 12.4. The van der Waals surface area contributed by atoms with Crippen LogP contribution in [-0.2, 0) is 11.2 Å². The molecule has 1 aliphatic rings. The van der Waals surface area contributed by atoms with Gasteiger partial charge in [-0.25, -0.2) is 5.01 Å². The molecule has 0 bridgehead atoms. The average molecular weight is 261 g/mol. The Morgan fingerprint density at radius 2 is 2.05 bits per heavy atom. The molecule has 1 heterocycles. The first-order valence-corrected chi connectivity index (χ1v) is 6.94. The van der Waals surface area contributed by atoms with Crippen LogP contribution in [0.3, 0.4) is 0 Å². The van der Waals surface area contributed by atoms with E-state index < -0.39 is 0 Å². The molecule has 1 aromatic rings. The van der Waals surface area contributed by atoms with Crippen molar-refractivity contribution in [2.75, 3.05) is 27.2 Å². The van der Waals surface area contributed by atoms with Crippen molar-refractivity contribution in [1.29, 1.82) is 0 Å². The van der Waals surface area contributed by atoms with E-state index in [1.165, 1.54) is 5.56 Å². The van der Waals surface area contributed by atoms with Crippen LogP contribution in [-0.4, -0.2) is 49.2 Å². The van der Waals surface area contributed by atoms with E-state index >= 15 is 0 Å². The number of amides is 1. The summed E-state index contributed by atoms with van der Waals surface area (Å²) in [6, 6.07) is 10.3. The van der Waals surface area contributed by atoms with Crippen molar-refractivity contribution >= 4 is 5.91 Å². The molecule has 19 heavy (non-hydrogen) atoms. The van der Waals surface area contributed by atoms with Crippen LogP contribution < -0.4 is 5.32 Å². The van der Waals surface area contributed by atoms with Gasteiger partial charge < -0.3 is 5.32 Å². The Morgan fingerprint density at radius 3 is 2.63 bits per heavy atom. The van der Waals surface area contributed by atoms with Crippen LogP contribution in [0, 0.1) is 0 Å². The molecular formula is C15H23N3O. The molecular weight excluding hydrogens is 238 g/mol. The summed E-state index contributed by atoms with van der Waals surface area (Å²) in [7, 11) is 3.86. The summed E-state index contributed by atoms with van der Waals surface area (Å²) >= 11 is 0. The topological polar surface area (TPSA) is 35.6 Å². The predicted octanol–water partition coefficient (Wildman–Crippen LogP) is 1.29. The van der Waals surface area contributed by atoms with Crippen LogP contribution in [0.25, 0.3) is 0 Å². The minimum atomic E-state index is -0.00169. The lowest BCUT2D eigenvalue weighted by atomic mass is 10.1. The van der Waals surface area contributed by atoms with Gasteiger partial charge in [0.15, 0.2) is 0 Å². The molecule has 0 radical (unpaired) electrons. The third kappa shape index (κ3) is 3.78. The van der Waals surface area contributed by atoms with Gasteiger partial charge in [-0.3, -0.25) is 9.80 Å². The second-order valence-corrected chi connectivity index (χ2v) is 5.19. The molecule has 1 fully saturated rings. The van der Waals surface area contributed by atoms with E-state index in [1.807, 2.05) is 42.3 Å². The number of hydrazine groups is 1. The lowest BCUT2D eigenvalue weighted by Gasteiger charge is -2.31. The maximum atomic E-state index is 12.4. The minimum Gasteiger partial charge on any atom is -0.306 e. The van der Waals surface area contributed by atoms with E-state index in [1.54, 1.807) is 0 Å². The number of benzene rings is 1. The van der Waals surface area contributed by atoms with Gasteiger partial charge in [0.2, 0.25) is 0 Å². The monoisotopic (exact) mass is 261 g/mol. The average Bonchev–Trinajstić information content (AvgIpc) is 2.93. The number of rotatable bonds is 5. The molecule has 0 aromatic heterocycles. The highest BCUT2D eigenvalue weighted by molar-refractivity contribution is 5.81. The summed E-state index contributed by atoms with van der Waals surface area (Å²) in [5.74, 6) is 0.193. The lowest BCUT2D eigenvalue weighted by molar-refractivity contribution is -0.146. The van der Waals surface area contributed by atoms with Gasteiger partial charge in [0.1, 0.15) is 0 Å². The van der Waals surface area contributed by atoms with Crippen LogP contribution >= 0.6 is 0 Å². The van der Waals surface area contributed by atoms with Crippen LogP contribution in [0.2, 0.25) is 0 Å². The van der Waals surface area contributed by atoms with Gasteiger partial charge in [0.05, 0.1) is 6.04 Å². The maximum Gasteiger partial charge on any atom is 0.253 e. The lowest BCUT2D eigenvalue weighted by Crippen LogP contribution is -2.50. The summed E-state index contributed by atoms with van der Waals surface area (Å²) < 4.78 is 0. The van der Waals surface area contributed by atoms with Gasteiger partial charge in [0, 0.05) is 20.6 Å². The fraction of sp³-hybridized carbons (Fsp3) is 0.533. The summed E-state index contributed by atoms with van der Waals surface area (Å²) in [5.41, 5.74) is 1.27. The number of nitrogens with one attached hydrogen (secondary N) is 1. The van der Waals surface area contributed by atoms with E-state index in [4.69, 9.17) is 0 Å². The van der Waals surface area contributed by atoms with Crippen molar-refractivity contribution in [3.63, 3.8) is 0 Å². The van der Waals surface area contributed by atoms with Gasteiger partial charge in [0.25, 0.3) is 5.91 Å². The third-order valence-corrected chi connectivity index (χ3v) is 3.55. The van der Waals surface area contributed by atoms with Crippen LogP contribution in [0.15, 0.2) is 30.3 Å². The van der Waals surface area contributed by atoms with E-state index in [2.05, 4.69) is 17.4 Å². The fourth-order valence-corrected chi connectivity index (χ4v) is 2.46. The quantitative estimate of drug-likeness (QED) is 0.811. The van der Waals surface area contributed by atoms with Gasteiger partial charge >= 0.3 is 0 Å². The first kappa shape index (κ1) is 14.0. The normalized spacial score (nSPS) is 18.8. The second kappa shape index (κ2) is 6.68. The Morgan fingerprint density at radius 1 is 1.32 bits per heavy atom. The van der Waals surface area contributed by atoms with Crippen LogP contribution in [0.5, 0.6) is 0 Å². The molecule has 0 saturated carbocycles. The van der Waals surface area contributed by atoms with E-state index in [-0.39, 0.29) is 11.9 Å². The van der Waals surface area contributed by atoms with Gasteiger partial charge in [-0.05, 0) is 31.4 Å². The van der Waals surface area contributed by atoms with Gasteiger partial charge in [-0.2, -0.15) is 0 Å². The van der Waals surface area contributed by atoms with Crippen molar-refractivity contribution in [3.05, 3.63) is 35.9 Å². The molecule has 0 unspecified atom stereocenters. The van der Waals surface area contributed by atoms with Crippen molar-refractivity contribution in [3.8, 4) is 0 Å². The van der Waals surface area contributed by atoms with E-state index in [0.29, 0.717) is 0 Å². The molecule has 1 aliphatic heterocycles. The molecule has 0 spiro atoms. The molecule has 1 aromatic carbocycles. The molecule has 4 heteroatoms. The van der Waals surface area contributed by atoms with Crippen molar-refractivity contribution in [2.45, 2.75) is 25.3 Å². The Balaban J connectivity index is 1.94. The number of hydrogen-bond acceptors (Lipinski definition) is 3. The predicted molar refractivity (Wildman–Crippen MR) is 76.6 cm³/mol.